The molecular formula is C15H25NO2. The average molecular weight is 251 g/mol. The Kier molecular flexibility index (Phi) is 6.58. The SMILES string of the molecule is CCCCN(CC)Cc1ccc(OC)c(OC)c1. The summed E-state index contributed by atoms with van der Waals surface area (Å²) in [5, 5.41) is 0. The lowest BCUT2D eigenvalue weighted by Gasteiger charge is -2.20. The molecule has 18 heavy (non-hydrogen) atoms. The number of hydrogen-bond acceptors (Lipinski definition) is 3. The predicted molar refractivity (Wildman–Crippen MR) is 75.4 cm³/mol. The van der Waals surface area contributed by atoms with Gasteiger partial charge in [0.25, 0.3) is 0 Å². The van der Waals surface area contributed by atoms with E-state index in [0.717, 1.165) is 31.1 Å². The molecule has 1 rings (SSSR count). The van der Waals surface area contributed by atoms with Gasteiger partial charge >= 0.3 is 0 Å². The van der Waals surface area contributed by atoms with E-state index in [0.29, 0.717) is 0 Å². The molecule has 1 aromatic carbocycles. The summed E-state index contributed by atoms with van der Waals surface area (Å²) < 4.78 is 10.6. The molecule has 0 unspecified atom stereocenters. The second kappa shape index (κ2) is 7.98. The normalized spacial score (nSPS) is 10.7. The molecule has 0 amide bonds. The van der Waals surface area contributed by atoms with E-state index in [1.54, 1.807) is 14.2 Å². The van der Waals surface area contributed by atoms with Gasteiger partial charge in [0, 0.05) is 6.54 Å². The highest BCUT2D eigenvalue weighted by molar-refractivity contribution is 5.42. The molecule has 0 saturated carbocycles. The third kappa shape index (κ3) is 4.22. The molecule has 0 N–H and O–H groups in total. The Balaban J connectivity index is 2.71. The zero-order valence-electron chi connectivity index (χ0n) is 12.0. The van der Waals surface area contributed by atoms with Crippen LogP contribution in [0.25, 0.3) is 0 Å². The van der Waals surface area contributed by atoms with E-state index in [-0.39, 0.29) is 0 Å². The van der Waals surface area contributed by atoms with Crippen LogP contribution in [-0.2, 0) is 6.54 Å². The molecule has 0 atom stereocenters. The van der Waals surface area contributed by atoms with Crippen molar-refractivity contribution in [1.82, 2.24) is 4.90 Å². The highest BCUT2D eigenvalue weighted by Crippen LogP contribution is 2.28. The first-order valence-corrected chi connectivity index (χ1v) is 6.68. The maximum absolute atomic E-state index is 5.33. The van der Waals surface area contributed by atoms with E-state index < -0.39 is 0 Å². The van der Waals surface area contributed by atoms with Gasteiger partial charge in [-0.1, -0.05) is 26.3 Å². The number of unbranched alkanes of at least 4 members (excludes halogenated alkanes) is 1. The summed E-state index contributed by atoms with van der Waals surface area (Å²) in [4.78, 5) is 2.45. The molecule has 3 nitrogen and oxygen atoms in total. The highest BCUT2D eigenvalue weighted by atomic mass is 16.5. The van der Waals surface area contributed by atoms with Crippen LogP contribution < -0.4 is 9.47 Å². The molecule has 0 aliphatic carbocycles. The van der Waals surface area contributed by atoms with Gasteiger partial charge in [-0.3, -0.25) is 4.90 Å². The fourth-order valence-electron chi connectivity index (χ4n) is 1.97. The summed E-state index contributed by atoms with van der Waals surface area (Å²) >= 11 is 0. The molecule has 0 radical (unpaired) electrons. The lowest BCUT2D eigenvalue weighted by Crippen LogP contribution is -2.23. The third-order valence-corrected chi connectivity index (χ3v) is 3.13. The average Bonchev–Trinajstić information content (AvgIpc) is 2.43. The van der Waals surface area contributed by atoms with Crippen LogP contribution in [-0.4, -0.2) is 32.2 Å². The fraction of sp³-hybridized carbons (Fsp3) is 0.600. The quantitative estimate of drug-likeness (QED) is 0.707. The monoisotopic (exact) mass is 251 g/mol. The molecule has 102 valence electrons. The van der Waals surface area contributed by atoms with Gasteiger partial charge in [-0.2, -0.15) is 0 Å². The summed E-state index contributed by atoms with van der Waals surface area (Å²) in [6.45, 7) is 7.63. The number of benzene rings is 1. The van der Waals surface area contributed by atoms with E-state index >= 15 is 0 Å². The maximum Gasteiger partial charge on any atom is 0.161 e. The van der Waals surface area contributed by atoms with Gasteiger partial charge in [0.2, 0.25) is 0 Å². The molecule has 0 spiro atoms. The Morgan fingerprint density at radius 2 is 1.78 bits per heavy atom. The van der Waals surface area contributed by atoms with Gasteiger partial charge in [0.05, 0.1) is 14.2 Å². The van der Waals surface area contributed by atoms with Crippen molar-refractivity contribution in [1.29, 1.82) is 0 Å². The molecule has 0 aliphatic heterocycles. The molecule has 0 bridgehead atoms. The second-order valence-corrected chi connectivity index (χ2v) is 4.41. The Morgan fingerprint density at radius 1 is 1.06 bits per heavy atom. The van der Waals surface area contributed by atoms with Crippen molar-refractivity contribution in [2.75, 3.05) is 27.3 Å². The first kappa shape index (κ1) is 14.8. The summed E-state index contributed by atoms with van der Waals surface area (Å²) in [5.41, 5.74) is 1.27. The molecule has 0 fully saturated rings. The van der Waals surface area contributed by atoms with Crippen LogP contribution in [0.2, 0.25) is 0 Å². The second-order valence-electron chi connectivity index (χ2n) is 4.41. The zero-order chi connectivity index (χ0) is 13.4. The summed E-state index contributed by atoms with van der Waals surface area (Å²) in [6, 6.07) is 6.14. The Bertz CT molecular complexity index is 352. The van der Waals surface area contributed by atoms with E-state index in [2.05, 4.69) is 30.9 Å². The Labute approximate surface area is 111 Å². The molecule has 0 heterocycles. The van der Waals surface area contributed by atoms with Crippen molar-refractivity contribution in [2.45, 2.75) is 33.2 Å². The number of methoxy groups -OCH3 is 2. The van der Waals surface area contributed by atoms with Crippen LogP contribution in [0, 0.1) is 0 Å². The van der Waals surface area contributed by atoms with Crippen LogP contribution in [0.4, 0.5) is 0 Å². The first-order valence-electron chi connectivity index (χ1n) is 6.68. The van der Waals surface area contributed by atoms with Crippen molar-refractivity contribution >= 4 is 0 Å². The fourth-order valence-corrected chi connectivity index (χ4v) is 1.97. The number of nitrogens with zero attached hydrogens (tertiary/aromatic N) is 1. The Morgan fingerprint density at radius 3 is 2.33 bits per heavy atom. The van der Waals surface area contributed by atoms with Crippen molar-refractivity contribution < 1.29 is 9.47 Å². The maximum atomic E-state index is 5.33. The highest BCUT2D eigenvalue weighted by Gasteiger charge is 2.07. The van der Waals surface area contributed by atoms with Crippen LogP contribution >= 0.6 is 0 Å². The number of ether oxygens (including phenoxy) is 2. The Hall–Kier alpha value is -1.22. The summed E-state index contributed by atoms with van der Waals surface area (Å²) in [7, 11) is 3.34. The topological polar surface area (TPSA) is 21.7 Å². The summed E-state index contributed by atoms with van der Waals surface area (Å²) in [6.07, 6.45) is 2.49. The minimum Gasteiger partial charge on any atom is -0.493 e. The van der Waals surface area contributed by atoms with Crippen LogP contribution in [0.5, 0.6) is 11.5 Å². The van der Waals surface area contributed by atoms with Crippen molar-refractivity contribution in [3.8, 4) is 11.5 Å². The standard InChI is InChI=1S/C15H25NO2/c1-5-7-10-16(6-2)12-13-8-9-14(17-3)15(11-13)18-4/h8-9,11H,5-7,10,12H2,1-4H3. The lowest BCUT2D eigenvalue weighted by atomic mass is 10.1. The van der Waals surface area contributed by atoms with E-state index in [4.69, 9.17) is 9.47 Å². The largest absolute Gasteiger partial charge is 0.493 e. The molecule has 0 aliphatic rings. The van der Waals surface area contributed by atoms with Crippen molar-refractivity contribution in [3.05, 3.63) is 23.8 Å². The van der Waals surface area contributed by atoms with Gasteiger partial charge in [-0.25, -0.2) is 0 Å². The van der Waals surface area contributed by atoms with Crippen LogP contribution in [0.1, 0.15) is 32.3 Å². The zero-order valence-corrected chi connectivity index (χ0v) is 12.0. The molecule has 1 aromatic rings. The van der Waals surface area contributed by atoms with Gasteiger partial charge < -0.3 is 9.47 Å². The van der Waals surface area contributed by atoms with Crippen molar-refractivity contribution in [3.63, 3.8) is 0 Å². The smallest absolute Gasteiger partial charge is 0.161 e. The molecule has 0 aromatic heterocycles. The van der Waals surface area contributed by atoms with E-state index in [1.807, 2.05) is 6.07 Å². The van der Waals surface area contributed by atoms with E-state index in [1.165, 1.54) is 18.4 Å². The summed E-state index contributed by atoms with van der Waals surface area (Å²) in [5.74, 6) is 1.60. The van der Waals surface area contributed by atoms with Gasteiger partial charge in [-0.05, 0) is 37.2 Å². The molecular weight excluding hydrogens is 226 g/mol. The molecule has 3 heteroatoms. The number of rotatable bonds is 8. The predicted octanol–water partition coefficient (Wildman–Crippen LogP) is 3.33. The minimum atomic E-state index is 0.790. The van der Waals surface area contributed by atoms with Crippen molar-refractivity contribution in [2.24, 2.45) is 0 Å². The van der Waals surface area contributed by atoms with E-state index in [9.17, 15) is 0 Å². The number of hydrogen-bond donors (Lipinski definition) is 0. The van der Waals surface area contributed by atoms with Gasteiger partial charge in [0.15, 0.2) is 11.5 Å². The van der Waals surface area contributed by atoms with Gasteiger partial charge in [-0.15, -0.1) is 0 Å². The first-order chi connectivity index (χ1) is 8.74. The lowest BCUT2D eigenvalue weighted by molar-refractivity contribution is 0.274. The third-order valence-electron chi connectivity index (χ3n) is 3.13. The van der Waals surface area contributed by atoms with Gasteiger partial charge in [0.1, 0.15) is 0 Å². The molecule has 0 saturated heterocycles. The van der Waals surface area contributed by atoms with Crippen LogP contribution in [0.15, 0.2) is 18.2 Å². The minimum absolute atomic E-state index is 0.790. The van der Waals surface area contributed by atoms with Crippen LogP contribution in [0.3, 0.4) is 0 Å².